The van der Waals surface area contributed by atoms with Crippen molar-refractivity contribution in [2.75, 3.05) is 4.90 Å². The highest BCUT2D eigenvalue weighted by molar-refractivity contribution is 5.94. The zero-order chi connectivity index (χ0) is 18.0. The highest BCUT2D eigenvalue weighted by Gasteiger charge is 2.26. The first-order chi connectivity index (χ1) is 11.2. The number of aromatic nitrogens is 2. The molecule has 0 spiro atoms. The molecule has 0 aliphatic rings. The third-order valence-corrected chi connectivity index (χ3v) is 3.97. The van der Waals surface area contributed by atoms with E-state index in [2.05, 4.69) is 5.10 Å². The number of hydrogen-bond donors (Lipinski definition) is 0. The molecule has 0 bridgehead atoms. The Labute approximate surface area is 141 Å². The fourth-order valence-corrected chi connectivity index (χ4v) is 2.84. The Kier molecular flexibility index (Phi) is 5.02. The number of anilines is 1. The van der Waals surface area contributed by atoms with Crippen LogP contribution in [0.5, 0.6) is 0 Å². The topological polar surface area (TPSA) is 81.3 Å². The van der Waals surface area contributed by atoms with Crippen LogP contribution in [0.25, 0.3) is 0 Å². The number of amides is 1. The van der Waals surface area contributed by atoms with E-state index in [9.17, 15) is 14.9 Å². The monoisotopic (exact) mass is 330 g/mol. The van der Waals surface area contributed by atoms with Crippen LogP contribution in [-0.4, -0.2) is 26.7 Å². The molecule has 0 aliphatic heterocycles. The largest absolute Gasteiger partial charge is 0.312 e. The molecule has 7 heteroatoms. The SMILES string of the molecule is Cc1ccccc1N(C(=O)Cn1nc(C)c([N+](=O)[O-])c1C)C(C)C. The van der Waals surface area contributed by atoms with Gasteiger partial charge in [0.1, 0.15) is 17.9 Å². The van der Waals surface area contributed by atoms with Gasteiger partial charge in [-0.3, -0.25) is 19.6 Å². The third kappa shape index (κ3) is 3.29. The minimum Gasteiger partial charge on any atom is -0.308 e. The highest BCUT2D eigenvalue weighted by Crippen LogP contribution is 2.24. The standard InChI is InChI=1S/C17H22N4O3/c1-11(2)20(15-9-7-6-8-12(15)3)16(22)10-19-14(5)17(21(23)24)13(4)18-19/h6-9,11H,10H2,1-5H3. The first kappa shape index (κ1) is 17.7. The normalized spacial score (nSPS) is 10.9. The summed E-state index contributed by atoms with van der Waals surface area (Å²) in [7, 11) is 0. The van der Waals surface area contributed by atoms with Crippen LogP contribution >= 0.6 is 0 Å². The summed E-state index contributed by atoms with van der Waals surface area (Å²) in [5.41, 5.74) is 2.51. The number of rotatable bonds is 5. The van der Waals surface area contributed by atoms with Gasteiger partial charge in [-0.1, -0.05) is 18.2 Å². The molecule has 1 heterocycles. The van der Waals surface area contributed by atoms with Crippen molar-refractivity contribution in [1.82, 2.24) is 9.78 Å². The van der Waals surface area contributed by atoms with Crippen LogP contribution in [0.3, 0.4) is 0 Å². The smallest absolute Gasteiger partial charge is 0.308 e. The average molecular weight is 330 g/mol. The lowest BCUT2D eigenvalue weighted by atomic mass is 10.1. The van der Waals surface area contributed by atoms with Crippen LogP contribution in [0.15, 0.2) is 24.3 Å². The Balaban J connectivity index is 2.35. The Morgan fingerprint density at radius 2 is 1.92 bits per heavy atom. The number of carbonyl (C=O) groups excluding carboxylic acids is 1. The molecule has 0 unspecified atom stereocenters. The molecule has 0 radical (unpaired) electrons. The molecule has 128 valence electrons. The summed E-state index contributed by atoms with van der Waals surface area (Å²) in [6, 6.07) is 7.62. The summed E-state index contributed by atoms with van der Waals surface area (Å²) < 4.78 is 1.41. The van der Waals surface area contributed by atoms with Gasteiger partial charge in [-0.05, 0) is 46.2 Å². The van der Waals surface area contributed by atoms with Crippen molar-refractivity contribution in [3.8, 4) is 0 Å². The van der Waals surface area contributed by atoms with Crippen LogP contribution in [0, 0.1) is 30.9 Å². The number of benzene rings is 1. The quantitative estimate of drug-likeness (QED) is 0.623. The molecule has 2 aromatic rings. The van der Waals surface area contributed by atoms with E-state index in [1.165, 1.54) is 4.68 Å². The van der Waals surface area contributed by atoms with Crippen LogP contribution in [0.2, 0.25) is 0 Å². The van der Waals surface area contributed by atoms with E-state index in [0.29, 0.717) is 11.4 Å². The number of nitrogens with zero attached hydrogens (tertiary/aromatic N) is 4. The number of aryl methyl sites for hydroxylation is 2. The van der Waals surface area contributed by atoms with Crippen LogP contribution in [-0.2, 0) is 11.3 Å². The van der Waals surface area contributed by atoms with Gasteiger partial charge >= 0.3 is 5.69 Å². The van der Waals surface area contributed by atoms with Gasteiger partial charge < -0.3 is 4.90 Å². The summed E-state index contributed by atoms with van der Waals surface area (Å²) in [5, 5.41) is 15.3. The second kappa shape index (κ2) is 6.82. The number of hydrogen-bond acceptors (Lipinski definition) is 4. The first-order valence-corrected chi connectivity index (χ1v) is 7.80. The molecule has 24 heavy (non-hydrogen) atoms. The molecule has 0 saturated heterocycles. The van der Waals surface area contributed by atoms with E-state index in [-0.39, 0.29) is 24.2 Å². The van der Waals surface area contributed by atoms with Crippen LogP contribution in [0.1, 0.15) is 30.8 Å². The van der Waals surface area contributed by atoms with E-state index in [0.717, 1.165) is 11.3 Å². The zero-order valence-corrected chi connectivity index (χ0v) is 14.6. The van der Waals surface area contributed by atoms with Gasteiger partial charge in [-0.2, -0.15) is 5.10 Å². The predicted molar refractivity (Wildman–Crippen MR) is 92.2 cm³/mol. The van der Waals surface area contributed by atoms with Crippen LogP contribution in [0.4, 0.5) is 11.4 Å². The Morgan fingerprint density at radius 3 is 2.42 bits per heavy atom. The van der Waals surface area contributed by atoms with Crippen molar-refractivity contribution in [2.24, 2.45) is 0 Å². The van der Waals surface area contributed by atoms with Gasteiger partial charge in [-0.15, -0.1) is 0 Å². The number of nitro groups is 1. The summed E-state index contributed by atoms with van der Waals surface area (Å²) in [4.78, 5) is 25.2. The number of carbonyl (C=O) groups is 1. The van der Waals surface area contributed by atoms with Crippen molar-refractivity contribution in [2.45, 2.75) is 47.2 Å². The van der Waals surface area contributed by atoms with E-state index in [1.54, 1.807) is 18.7 Å². The maximum atomic E-state index is 12.8. The van der Waals surface area contributed by atoms with Crippen molar-refractivity contribution in [3.05, 3.63) is 51.3 Å². The van der Waals surface area contributed by atoms with E-state index >= 15 is 0 Å². The fraction of sp³-hybridized carbons (Fsp3) is 0.412. The van der Waals surface area contributed by atoms with Gasteiger partial charge in [0.25, 0.3) is 0 Å². The maximum Gasteiger partial charge on any atom is 0.312 e. The summed E-state index contributed by atoms with van der Waals surface area (Å²) >= 11 is 0. The third-order valence-electron chi connectivity index (χ3n) is 3.97. The highest BCUT2D eigenvalue weighted by atomic mass is 16.6. The minimum absolute atomic E-state index is 0.0326. The predicted octanol–water partition coefficient (Wildman–Crippen LogP) is 3.16. The van der Waals surface area contributed by atoms with Gasteiger partial charge in [0, 0.05) is 11.7 Å². The molecule has 0 fully saturated rings. The van der Waals surface area contributed by atoms with Crippen LogP contribution < -0.4 is 4.90 Å². The lowest BCUT2D eigenvalue weighted by molar-refractivity contribution is -0.386. The molecule has 1 aromatic heterocycles. The molecule has 2 rings (SSSR count). The van der Waals surface area contributed by atoms with Gasteiger partial charge in [0.15, 0.2) is 0 Å². The Hall–Kier alpha value is -2.70. The van der Waals surface area contributed by atoms with Gasteiger partial charge in [0.2, 0.25) is 5.91 Å². The summed E-state index contributed by atoms with van der Waals surface area (Å²) in [6.07, 6.45) is 0. The molecule has 1 amide bonds. The van der Waals surface area contributed by atoms with Crippen molar-refractivity contribution in [1.29, 1.82) is 0 Å². The second-order valence-electron chi connectivity index (χ2n) is 6.08. The Morgan fingerprint density at radius 1 is 1.29 bits per heavy atom. The Bertz CT molecular complexity index is 780. The van der Waals surface area contributed by atoms with Crippen molar-refractivity contribution >= 4 is 17.3 Å². The minimum atomic E-state index is -0.458. The molecule has 0 atom stereocenters. The van der Waals surface area contributed by atoms with E-state index in [1.807, 2.05) is 45.0 Å². The molecule has 0 N–H and O–H groups in total. The van der Waals surface area contributed by atoms with E-state index in [4.69, 9.17) is 0 Å². The molecular weight excluding hydrogens is 308 g/mol. The van der Waals surface area contributed by atoms with Crippen molar-refractivity contribution < 1.29 is 9.72 Å². The second-order valence-corrected chi connectivity index (χ2v) is 6.08. The fourth-order valence-electron chi connectivity index (χ4n) is 2.84. The molecule has 0 saturated carbocycles. The first-order valence-electron chi connectivity index (χ1n) is 7.80. The van der Waals surface area contributed by atoms with E-state index < -0.39 is 4.92 Å². The molecular formula is C17H22N4O3. The lowest BCUT2D eigenvalue weighted by Crippen LogP contribution is -2.40. The van der Waals surface area contributed by atoms with Gasteiger partial charge in [0.05, 0.1) is 4.92 Å². The summed E-state index contributed by atoms with van der Waals surface area (Å²) in [6.45, 7) is 8.98. The molecule has 7 nitrogen and oxygen atoms in total. The lowest BCUT2D eigenvalue weighted by Gasteiger charge is -2.28. The zero-order valence-electron chi connectivity index (χ0n) is 14.6. The summed E-state index contributed by atoms with van der Waals surface area (Å²) in [5.74, 6) is -0.153. The average Bonchev–Trinajstić information content (AvgIpc) is 2.75. The molecule has 0 aliphatic carbocycles. The molecule has 1 aromatic carbocycles. The number of para-hydroxylation sites is 1. The maximum absolute atomic E-state index is 12.8. The van der Waals surface area contributed by atoms with Crippen molar-refractivity contribution in [3.63, 3.8) is 0 Å². The van der Waals surface area contributed by atoms with Gasteiger partial charge in [-0.25, -0.2) is 0 Å².